The topological polar surface area (TPSA) is 62.7 Å². The fraction of sp³-hybridized carbons (Fsp3) is 0.524. The molecule has 1 N–H and O–H groups in total. The zero-order valence-corrected chi connectivity index (χ0v) is 16.1. The molecule has 1 aromatic carbocycles. The molecule has 2 aliphatic heterocycles. The fourth-order valence-electron chi connectivity index (χ4n) is 4.35. The summed E-state index contributed by atoms with van der Waals surface area (Å²) in [6.07, 6.45) is 5.12. The second kappa shape index (κ2) is 7.64. The maximum atomic E-state index is 12.1. The number of halogens is 1. The normalized spacial score (nSPS) is 22.7. The van der Waals surface area contributed by atoms with Crippen LogP contribution in [0.4, 0.5) is 5.82 Å². The highest BCUT2D eigenvalue weighted by Crippen LogP contribution is 2.40. The van der Waals surface area contributed by atoms with Gasteiger partial charge < -0.3 is 14.7 Å². The van der Waals surface area contributed by atoms with Crippen LogP contribution in [0.15, 0.2) is 30.3 Å². The number of aromatic nitrogens is 1. The van der Waals surface area contributed by atoms with E-state index in [-0.39, 0.29) is 6.10 Å². The summed E-state index contributed by atoms with van der Waals surface area (Å²) >= 11 is 6.29. The molecule has 0 radical (unpaired) electrons. The van der Waals surface area contributed by atoms with E-state index in [4.69, 9.17) is 21.3 Å². The van der Waals surface area contributed by atoms with E-state index in [9.17, 15) is 9.90 Å². The number of nitrogens with zero attached hydrogens (tertiary/aromatic N) is 2. The van der Waals surface area contributed by atoms with Crippen LogP contribution in [-0.4, -0.2) is 41.9 Å². The number of anilines is 1. The lowest BCUT2D eigenvalue weighted by molar-refractivity contribution is -0.154. The Morgan fingerprint density at radius 3 is 2.78 bits per heavy atom. The predicted molar refractivity (Wildman–Crippen MR) is 106 cm³/mol. The molecule has 0 spiro atoms. The predicted octanol–water partition coefficient (Wildman–Crippen LogP) is 4.52. The Kier molecular flexibility index (Phi) is 5.24. The minimum Gasteiger partial charge on any atom is -0.481 e. The number of para-hydroxylation sites is 1. The van der Waals surface area contributed by atoms with Gasteiger partial charge in [0.25, 0.3) is 0 Å². The number of carboxylic acids is 1. The number of pyridine rings is 1. The van der Waals surface area contributed by atoms with Gasteiger partial charge in [0.15, 0.2) is 0 Å². The van der Waals surface area contributed by atoms with Gasteiger partial charge in [0.1, 0.15) is 5.82 Å². The van der Waals surface area contributed by atoms with Crippen LogP contribution in [0, 0.1) is 5.41 Å². The maximum absolute atomic E-state index is 12.1. The quantitative estimate of drug-likeness (QED) is 0.834. The summed E-state index contributed by atoms with van der Waals surface area (Å²) < 4.78 is 5.82. The average molecular weight is 389 g/mol. The van der Waals surface area contributed by atoms with E-state index < -0.39 is 11.4 Å². The average Bonchev–Trinajstić information content (AvgIpc) is 2.69. The van der Waals surface area contributed by atoms with Gasteiger partial charge in [-0.25, -0.2) is 4.98 Å². The number of ether oxygens (including phenoxy) is 1. The second-order valence-corrected chi connectivity index (χ2v) is 8.15. The molecule has 0 saturated carbocycles. The number of rotatable bonds is 4. The van der Waals surface area contributed by atoms with Crippen LogP contribution in [0.2, 0.25) is 5.02 Å². The molecule has 2 saturated heterocycles. The van der Waals surface area contributed by atoms with Crippen molar-refractivity contribution in [3.63, 3.8) is 0 Å². The Balaban J connectivity index is 1.49. The fourth-order valence-corrected chi connectivity index (χ4v) is 4.57. The van der Waals surface area contributed by atoms with Gasteiger partial charge in [0, 0.05) is 25.1 Å². The standard InChI is InChI=1S/C21H25ClN2O3/c22-17-6-3-4-15-7-8-18(23-19(15)17)24-11-9-21(10-12-24,20(25)26)14-16-5-1-2-13-27-16/h3-4,6-8,16H,1-2,5,9-14H2,(H,25,26)/t16-/m0/s1. The Morgan fingerprint density at radius 1 is 1.26 bits per heavy atom. The molecule has 144 valence electrons. The summed E-state index contributed by atoms with van der Waals surface area (Å²) in [7, 11) is 0. The number of carboxylic acid groups (broad SMARTS) is 1. The van der Waals surface area contributed by atoms with Gasteiger partial charge in [-0.2, -0.15) is 0 Å². The minimum atomic E-state index is -0.689. The smallest absolute Gasteiger partial charge is 0.309 e. The van der Waals surface area contributed by atoms with Crippen LogP contribution < -0.4 is 4.90 Å². The van der Waals surface area contributed by atoms with Gasteiger partial charge >= 0.3 is 5.97 Å². The highest BCUT2D eigenvalue weighted by Gasteiger charge is 2.43. The molecule has 0 aliphatic carbocycles. The van der Waals surface area contributed by atoms with Crippen molar-refractivity contribution >= 4 is 34.3 Å². The third kappa shape index (κ3) is 3.76. The van der Waals surface area contributed by atoms with Gasteiger partial charge in [-0.1, -0.05) is 23.7 Å². The van der Waals surface area contributed by atoms with Crippen LogP contribution >= 0.6 is 11.6 Å². The summed E-state index contributed by atoms with van der Waals surface area (Å²) in [5, 5.41) is 11.6. The summed E-state index contributed by atoms with van der Waals surface area (Å²) in [5.41, 5.74) is 0.106. The number of aliphatic carboxylic acids is 1. The largest absolute Gasteiger partial charge is 0.481 e. The van der Waals surface area contributed by atoms with E-state index in [2.05, 4.69) is 4.90 Å². The number of piperidine rings is 1. The molecule has 2 fully saturated rings. The number of hydrogen-bond donors (Lipinski definition) is 1. The second-order valence-electron chi connectivity index (χ2n) is 7.75. The maximum Gasteiger partial charge on any atom is 0.309 e. The third-order valence-corrected chi connectivity index (χ3v) is 6.35. The molecule has 0 amide bonds. The first-order chi connectivity index (χ1) is 13.1. The first-order valence-corrected chi connectivity index (χ1v) is 10.1. The van der Waals surface area contributed by atoms with Crippen molar-refractivity contribution in [2.24, 2.45) is 5.41 Å². The van der Waals surface area contributed by atoms with E-state index in [1.54, 1.807) is 0 Å². The number of fused-ring (bicyclic) bond motifs is 1. The van der Waals surface area contributed by atoms with E-state index in [1.807, 2.05) is 30.3 Å². The van der Waals surface area contributed by atoms with Crippen molar-refractivity contribution in [3.8, 4) is 0 Å². The van der Waals surface area contributed by atoms with Crippen LogP contribution in [0.1, 0.15) is 38.5 Å². The van der Waals surface area contributed by atoms with E-state index in [1.165, 1.54) is 0 Å². The molecule has 1 atom stereocenters. The number of carbonyl (C=O) groups is 1. The Hall–Kier alpha value is -1.85. The third-order valence-electron chi connectivity index (χ3n) is 6.05. The number of benzene rings is 1. The van der Waals surface area contributed by atoms with Crippen molar-refractivity contribution in [1.29, 1.82) is 0 Å². The molecule has 4 rings (SSSR count). The summed E-state index contributed by atoms with van der Waals surface area (Å²) in [6, 6.07) is 9.78. The molecule has 1 aromatic heterocycles. The highest BCUT2D eigenvalue weighted by atomic mass is 35.5. The van der Waals surface area contributed by atoms with E-state index in [0.29, 0.717) is 37.4 Å². The van der Waals surface area contributed by atoms with Crippen LogP contribution in [0.25, 0.3) is 10.9 Å². The SMILES string of the molecule is O=C(O)C1(C[C@@H]2CCCCO2)CCN(c2ccc3cccc(Cl)c3n2)CC1. The molecular formula is C21H25ClN2O3. The molecule has 6 heteroatoms. The lowest BCUT2D eigenvalue weighted by Crippen LogP contribution is -2.47. The van der Waals surface area contributed by atoms with Crippen molar-refractivity contribution < 1.29 is 14.6 Å². The van der Waals surface area contributed by atoms with Crippen LogP contribution in [0.5, 0.6) is 0 Å². The molecule has 0 bridgehead atoms. The van der Waals surface area contributed by atoms with Crippen molar-refractivity contribution in [2.45, 2.75) is 44.6 Å². The molecule has 27 heavy (non-hydrogen) atoms. The molecule has 3 heterocycles. The zero-order valence-electron chi connectivity index (χ0n) is 15.4. The van der Waals surface area contributed by atoms with Crippen LogP contribution in [-0.2, 0) is 9.53 Å². The zero-order chi connectivity index (χ0) is 18.9. The lowest BCUT2D eigenvalue weighted by atomic mass is 9.73. The lowest BCUT2D eigenvalue weighted by Gasteiger charge is -2.41. The molecule has 0 unspecified atom stereocenters. The number of hydrogen-bond acceptors (Lipinski definition) is 4. The van der Waals surface area contributed by atoms with Gasteiger partial charge in [-0.3, -0.25) is 4.79 Å². The minimum absolute atomic E-state index is 0.0824. The highest BCUT2D eigenvalue weighted by molar-refractivity contribution is 6.35. The molecule has 5 nitrogen and oxygen atoms in total. The van der Waals surface area contributed by atoms with Gasteiger partial charge in [-0.15, -0.1) is 0 Å². The summed E-state index contributed by atoms with van der Waals surface area (Å²) in [6.45, 7) is 2.12. The van der Waals surface area contributed by atoms with E-state index >= 15 is 0 Å². The molecule has 2 aromatic rings. The van der Waals surface area contributed by atoms with Crippen molar-refractivity contribution in [3.05, 3.63) is 35.4 Å². The van der Waals surface area contributed by atoms with Crippen molar-refractivity contribution in [2.75, 3.05) is 24.6 Å². The summed E-state index contributed by atoms with van der Waals surface area (Å²) in [4.78, 5) is 19.0. The first-order valence-electron chi connectivity index (χ1n) is 9.73. The Bertz CT molecular complexity index is 827. The monoisotopic (exact) mass is 388 g/mol. The van der Waals surface area contributed by atoms with Gasteiger partial charge in [0.2, 0.25) is 0 Å². The molecule has 2 aliphatic rings. The summed E-state index contributed by atoms with van der Waals surface area (Å²) in [5.74, 6) is 0.175. The van der Waals surface area contributed by atoms with E-state index in [0.717, 1.165) is 42.6 Å². The molecular weight excluding hydrogens is 364 g/mol. The Labute approximate surface area is 164 Å². The van der Waals surface area contributed by atoms with Gasteiger partial charge in [0.05, 0.1) is 22.1 Å². The Morgan fingerprint density at radius 2 is 2.07 bits per heavy atom. The van der Waals surface area contributed by atoms with Crippen molar-refractivity contribution in [1.82, 2.24) is 4.98 Å². The van der Waals surface area contributed by atoms with Crippen LogP contribution in [0.3, 0.4) is 0 Å². The van der Waals surface area contributed by atoms with Gasteiger partial charge in [-0.05, 0) is 56.7 Å². The first kappa shape index (κ1) is 18.5.